The second-order valence-corrected chi connectivity index (χ2v) is 6.38. The van der Waals surface area contributed by atoms with E-state index >= 15 is 0 Å². The highest BCUT2D eigenvalue weighted by atomic mass is 35.5. The molecule has 0 unspecified atom stereocenters. The molecular formula is C21H17ClFNO6. The Balaban J connectivity index is 1.85. The molecule has 0 fully saturated rings. The Morgan fingerprint density at radius 1 is 1.27 bits per heavy atom. The summed E-state index contributed by atoms with van der Waals surface area (Å²) in [6, 6.07) is 8.49. The molecule has 0 saturated carbocycles. The van der Waals surface area contributed by atoms with Crippen LogP contribution in [0.5, 0.6) is 11.5 Å². The van der Waals surface area contributed by atoms with Crippen LogP contribution >= 0.6 is 11.6 Å². The molecule has 30 heavy (non-hydrogen) atoms. The maximum atomic E-state index is 13.1. The smallest absolute Gasteiger partial charge is 0.363 e. The summed E-state index contributed by atoms with van der Waals surface area (Å²) in [7, 11) is 1.41. The lowest BCUT2D eigenvalue weighted by molar-refractivity contribution is -0.145. The number of esters is 2. The van der Waals surface area contributed by atoms with E-state index in [2.05, 4.69) is 4.99 Å². The van der Waals surface area contributed by atoms with Gasteiger partial charge in [-0.05, 0) is 55.0 Å². The fourth-order valence-electron chi connectivity index (χ4n) is 2.58. The highest BCUT2D eigenvalue weighted by Gasteiger charge is 2.24. The molecule has 2 aromatic carbocycles. The standard InChI is InChI=1S/C21H17ClFNO6/c1-3-28-18(25)11-29-19-15(22)8-12(10-17(19)27-2)9-16-21(26)30-20(24-16)13-4-6-14(23)7-5-13/h4-10H,3,11H2,1-2H3/b16-9-. The Bertz CT molecular complexity index is 1030. The lowest BCUT2D eigenvalue weighted by atomic mass is 10.1. The van der Waals surface area contributed by atoms with Gasteiger partial charge in [0.25, 0.3) is 0 Å². The lowest BCUT2D eigenvalue weighted by Crippen LogP contribution is -2.15. The van der Waals surface area contributed by atoms with Crippen molar-refractivity contribution in [2.24, 2.45) is 4.99 Å². The molecular weight excluding hydrogens is 417 g/mol. The van der Waals surface area contributed by atoms with E-state index in [1.807, 2.05) is 0 Å². The minimum atomic E-state index is -0.660. The zero-order valence-corrected chi connectivity index (χ0v) is 16.9. The third-order valence-electron chi connectivity index (χ3n) is 3.91. The van der Waals surface area contributed by atoms with Gasteiger partial charge in [-0.3, -0.25) is 0 Å². The SMILES string of the molecule is CCOC(=O)COc1c(Cl)cc(/C=C2\N=C(c3ccc(F)cc3)OC2=O)cc1OC. The molecule has 0 atom stereocenters. The van der Waals surface area contributed by atoms with E-state index in [4.69, 9.17) is 30.5 Å². The van der Waals surface area contributed by atoms with E-state index in [1.165, 1.54) is 43.5 Å². The Morgan fingerprint density at radius 3 is 2.67 bits per heavy atom. The molecule has 9 heteroatoms. The summed E-state index contributed by atoms with van der Waals surface area (Å²) in [5.41, 5.74) is 0.996. The van der Waals surface area contributed by atoms with E-state index in [9.17, 15) is 14.0 Å². The molecule has 0 N–H and O–H groups in total. The average Bonchev–Trinajstić information content (AvgIpc) is 3.07. The maximum Gasteiger partial charge on any atom is 0.363 e. The van der Waals surface area contributed by atoms with Gasteiger partial charge in [0, 0.05) is 5.56 Å². The minimum Gasteiger partial charge on any atom is -0.493 e. The van der Waals surface area contributed by atoms with Crippen LogP contribution in [0.15, 0.2) is 47.1 Å². The molecule has 0 saturated heterocycles. The number of nitrogens with zero attached hydrogens (tertiary/aromatic N) is 1. The summed E-state index contributed by atoms with van der Waals surface area (Å²) in [4.78, 5) is 27.8. The average molecular weight is 434 g/mol. The van der Waals surface area contributed by atoms with Crippen molar-refractivity contribution in [3.63, 3.8) is 0 Å². The van der Waals surface area contributed by atoms with Gasteiger partial charge in [-0.15, -0.1) is 0 Å². The van der Waals surface area contributed by atoms with Gasteiger partial charge in [0.05, 0.1) is 18.7 Å². The number of aliphatic imine (C=N–C) groups is 1. The second kappa shape index (κ2) is 9.41. The molecule has 3 rings (SSSR count). The van der Waals surface area contributed by atoms with Gasteiger partial charge < -0.3 is 18.9 Å². The number of carbonyl (C=O) groups excluding carboxylic acids is 2. The molecule has 1 heterocycles. The normalized spacial score (nSPS) is 14.3. The number of hydrogen-bond acceptors (Lipinski definition) is 7. The van der Waals surface area contributed by atoms with Gasteiger partial charge in [0.1, 0.15) is 5.82 Å². The van der Waals surface area contributed by atoms with E-state index in [0.29, 0.717) is 11.1 Å². The molecule has 0 amide bonds. The van der Waals surface area contributed by atoms with Gasteiger partial charge in [-0.1, -0.05) is 11.6 Å². The first-order chi connectivity index (χ1) is 14.4. The van der Waals surface area contributed by atoms with Crippen LogP contribution in [0.1, 0.15) is 18.1 Å². The van der Waals surface area contributed by atoms with E-state index in [-0.39, 0.29) is 41.3 Å². The number of ether oxygens (including phenoxy) is 4. The third kappa shape index (κ3) is 4.96. The summed E-state index contributed by atoms with van der Waals surface area (Å²) < 4.78 is 33.7. The number of benzene rings is 2. The number of rotatable bonds is 7. The second-order valence-electron chi connectivity index (χ2n) is 5.97. The number of cyclic esters (lactones) is 1. The Morgan fingerprint density at radius 2 is 2.00 bits per heavy atom. The molecule has 1 aliphatic rings. The highest BCUT2D eigenvalue weighted by molar-refractivity contribution is 6.32. The molecule has 7 nitrogen and oxygen atoms in total. The van der Waals surface area contributed by atoms with Gasteiger partial charge >= 0.3 is 11.9 Å². The molecule has 156 valence electrons. The van der Waals surface area contributed by atoms with Gasteiger partial charge in [-0.2, -0.15) is 0 Å². The first-order valence-electron chi connectivity index (χ1n) is 8.85. The van der Waals surface area contributed by atoms with E-state index in [0.717, 1.165) is 0 Å². The molecule has 0 aliphatic carbocycles. The Hall–Kier alpha value is -3.39. The van der Waals surface area contributed by atoms with Crippen molar-refractivity contribution in [2.45, 2.75) is 6.92 Å². The lowest BCUT2D eigenvalue weighted by Gasteiger charge is -2.12. The fraction of sp³-hybridized carbons (Fsp3) is 0.190. The molecule has 1 aliphatic heterocycles. The number of hydrogen-bond donors (Lipinski definition) is 0. The molecule has 0 bridgehead atoms. The minimum absolute atomic E-state index is 0.0348. The van der Waals surface area contributed by atoms with Crippen LogP contribution in [0, 0.1) is 5.82 Å². The predicted octanol–water partition coefficient (Wildman–Crippen LogP) is 3.77. The van der Waals surface area contributed by atoms with Crippen molar-refractivity contribution < 1.29 is 32.9 Å². The van der Waals surface area contributed by atoms with Crippen LogP contribution in [-0.4, -0.2) is 38.2 Å². The van der Waals surface area contributed by atoms with Crippen LogP contribution in [0.4, 0.5) is 4.39 Å². The van der Waals surface area contributed by atoms with Gasteiger partial charge in [0.2, 0.25) is 5.90 Å². The number of carbonyl (C=O) groups is 2. The number of methoxy groups -OCH3 is 1. The van der Waals surface area contributed by atoms with Gasteiger partial charge in [-0.25, -0.2) is 19.0 Å². The van der Waals surface area contributed by atoms with Crippen molar-refractivity contribution in [3.05, 3.63) is 64.1 Å². The molecule has 2 aromatic rings. The van der Waals surface area contributed by atoms with Crippen molar-refractivity contribution in [1.82, 2.24) is 0 Å². The summed E-state index contributed by atoms with van der Waals surface area (Å²) >= 11 is 6.26. The van der Waals surface area contributed by atoms with Crippen LogP contribution in [0.25, 0.3) is 6.08 Å². The van der Waals surface area contributed by atoms with Crippen LogP contribution in [0.3, 0.4) is 0 Å². The van der Waals surface area contributed by atoms with E-state index in [1.54, 1.807) is 13.0 Å². The first kappa shape index (κ1) is 21.3. The van der Waals surface area contributed by atoms with Crippen LogP contribution in [-0.2, 0) is 19.1 Å². The third-order valence-corrected chi connectivity index (χ3v) is 4.19. The maximum absolute atomic E-state index is 13.1. The van der Waals surface area contributed by atoms with E-state index < -0.39 is 17.8 Å². The first-order valence-corrected chi connectivity index (χ1v) is 9.23. The molecule has 0 radical (unpaired) electrons. The van der Waals surface area contributed by atoms with Gasteiger partial charge in [0.15, 0.2) is 23.8 Å². The number of halogens is 2. The Labute approximate surface area is 176 Å². The monoisotopic (exact) mass is 433 g/mol. The summed E-state index contributed by atoms with van der Waals surface area (Å²) in [6.07, 6.45) is 1.46. The Kier molecular flexibility index (Phi) is 6.68. The summed E-state index contributed by atoms with van der Waals surface area (Å²) in [5.74, 6) is -1.12. The summed E-state index contributed by atoms with van der Waals surface area (Å²) in [5, 5.41) is 0.166. The predicted molar refractivity (Wildman–Crippen MR) is 107 cm³/mol. The quantitative estimate of drug-likeness (QED) is 0.488. The summed E-state index contributed by atoms with van der Waals surface area (Å²) in [6.45, 7) is 1.59. The van der Waals surface area contributed by atoms with Crippen molar-refractivity contribution in [1.29, 1.82) is 0 Å². The highest BCUT2D eigenvalue weighted by Crippen LogP contribution is 2.37. The zero-order chi connectivity index (χ0) is 21.7. The fourth-order valence-corrected chi connectivity index (χ4v) is 2.85. The van der Waals surface area contributed by atoms with Crippen LogP contribution in [0.2, 0.25) is 5.02 Å². The molecule has 0 spiro atoms. The van der Waals surface area contributed by atoms with Crippen molar-refractivity contribution in [3.8, 4) is 11.5 Å². The largest absolute Gasteiger partial charge is 0.493 e. The molecule has 0 aromatic heterocycles. The van der Waals surface area contributed by atoms with Crippen molar-refractivity contribution >= 4 is 35.5 Å². The van der Waals surface area contributed by atoms with Crippen molar-refractivity contribution in [2.75, 3.05) is 20.3 Å². The zero-order valence-electron chi connectivity index (χ0n) is 16.1. The topological polar surface area (TPSA) is 83.4 Å². The van der Waals surface area contributed by atoms with Crippen LogP contribution < -0.4 is 9.47 Å².